The molecule has 0 saturated heterocycles. The fourth-order valence-electron chi connectivity index (χ4n) is 2.86. The molecule has 2 rings (SSSR count). The Bertz CT molecular complexity index is 887. The number of ether oxygens (including phenoxy) is 3. The summed E-state index contributed by atoms with van der Waals surface area (Å²) in [6.45, 7) is 7.32. The molecule has 1 heterocycles. The summed E-state index contributed by atoms with van der Waals surface area (Å²) in [5, 5.41) is 3.28. The Morgan fingerprint density at radius 3 is 2.55 bits per heavy atom. The lowest BCUT2D eigenvalue weighted by Gasteiger charge is -2.21. The third-order valence-electron chi connectivity index (χ3n) is 4.72. The van der Waals surface area contributed by atoms with Crippen molar-refractivity contribution in [3.63, 3.8) is 0 Å². The third-order valence-corrected chi connectivity index (χ3v) is 4.72. The van der Waals surface area contributed by atoms with Gasteiger partial charge < -0.3 is 23.9 Å². The first-order valence-electron chi connectivity index (χ1n) is 9.52. The Morgan fingerprint density at radius 2 is 1.93 bits per heavy atom. The number of aryl methyl sites for hydroxylation is 1. The van der Waals surface area contributed by atoms with Gasteiger partial charge in [0.1, 0.15) is 17.4 Å². The van der Waals surface area contributed by atoms with E-state index in [1.165, 1.54) is 7.11 Å². The Morgan fingerprint density at radius 1 is 1.21 bits per heavy atom. The first-order chi connectivity index (χ1) is 13.8. The molecule has 2 atom stereocenters. The second-order valence-electron chi connectivity index (χ2n) is 6.68. The number of fused-ring (bicyclic) bond motifs is 1. The number of hydrogen-bond acceptors (Lipinski definition) is 7. The number of esters is 2. The summed E-state index contributed by atoms with van der Waals surface area (Å²) in [7, 11) is 1.26. The van der Waals surface area contributed by atoms with Crippen LogP contribution in [-0.2, 0) is 19.1 Å². The maximum absolute atomic E-state index is 12.4. The molecular weight excluding hydrogens is 378 g/mol. The van der Waals surface area contributed by atoms with Crippen LogP contribution in [0.2, 0.25) is 0 Å². The Kier molecular flexibility index (Phi) is 7.64. The number of furan rings is 1. The molecule has 0 radical (unpaired) electrons. The van der Waals surface area contributed by atoms with E-state index in [2.05, 4.69) is 5.32 Å². The second kappa shape index (κ2) is 9.95. The minimum absolute atomic E-state index is 0.0212. The van der Waals surface area contributed by atoms with E-state index in [0.717, 1.165) is 5.39 Å². The molecule has 0 saturated carbocycles. The second-order valence-corrected chi connectivity index (χ2v) is 6.68. The van der Waals surface area contributed by atoms with Crippen molar-refractivity contribution in [1.82, 2.24) is 5.32 Å². The lowest BCUT2D eigenvalue weighted by Crippen LogP contribution is -2.47. The quantitative estimate of drug-likeness (QED) is 0.640. The van der Waals surface area contributed by atoms with Crippen molar-refractivity contribution < 1.29 is 33.0 Å². The minimum Gasteiger partial charge on any atom is -0.494 e. The molecule has 8 heteroatoms. The van der Waals surface area contributed by atoms with Gasteiger partial charge in [-0.05, 0) is 38.0 Å². The van der Waals surface area contributed by atoms with Crippen LogP contribution in [0.1, 0.15) is 43.3 Å². The van der Waals surface area contributed by atoms with Crippen molar-refractivity contribution in [3.05, 3.63) is 29.5 Å². The third kappa shape index (κ3) is 5.28. The normalized spacial score (nSPS) is 12.9. The summed E-state index contributed by atoms with van der Waals surface area (Å²) in [5.41, 5.74) is 1.11. The predicted molar refractivity (Wildman–Crippen MR) is 106 cm³/mol. The van der Waals surface area contributed by atoms with E-state index in [1.54, 1.807) is 25.1 Å². The van der Waals surface area contributed by atoms with Gasteiger partial charge >= 0.3 is 11.9 Å². The molecule has 0 spiro atoms. The number of nitrogens with one attached hydrogen (secondary N) is 1. The van der Waals surface area contributed by atoms with Crippen LogP contribution in [0.25, 0.3) is 11.0 Å². The number of hydrogen-bond donors (Lipinski definition) is 1. The van der Waals surface area contributed by atoms with Crippen molar-refractivity contribution in [2.75, 3.05) is 20.3 Å². The molecule has 158 valence electrons. The zero-order chi connectivity index (χ0) is 21.6. The van der Waals surface area contributed by atoms with Gasteiger partial charge in [0.25, 0.3) is 5.91 Å². The highest BCUT2D eigenvalue weighted by molar-refractivity contribution is 5.97. The molecule has 1 amide bonds. The highest BCUT2D eigenvalue weighted by atomic mass is 16.5. The highest BCUT2D eigenvalue weighted by Crippen LogP contribution is 2.29. The number of rotatable bonds is 9. The van der Waals surface area contributed by atoms with E-state index >= 15 is 0 Å². The number of amides is 1. The van der Waals surface area contributed by atoms with Crippen molar-refractivity contribution in [1.29, 1.82) is 0 Å². The van der Waals surface area contributed by atoms with Gasteiger partial charge in [-0.1, -0.05) is 20.3 Å². The summed E-state index contributed by atoms with van der Waals surface area (Å²) in [5.74, 6) is -1.34. The minimum atomic E-state index is -0.805. The average molecular weight is 405 g/mol. The Hall–Kier alpha value is -3.03. The molecule has 1 N–H and O–H groups in total. The van der Waals surface area contributed by atoms with Crippen LogP contribution in [0, 0.1) is 12.8 Å². The maximum Gasteiger partial charge on any atom is 0.375 e. The molecule has 0 aliphatic rings. The number of methoxy groups -OCH3 is 1. The van der Waals surface area contributed by atoms with E-state index in [-0.39, 0.29) is 11.7 Å². The molecule has 0 bridgehead atoms. The Labute approximate surface area is 169 Å². The first kappa shape index (κ1) is 22.3. The average Bonchev–Trinajstić information content (AvgIpc) is 3.05. The van der Waals surface area contributed by atoms with Crippen molar-refractivity contribution in [3.8, 4) is 5.75 Å². The van der Waals surface area contributed by atoms with Crippen LogP contribution in [0.15, 0.2) is 22.6 Å². The van der Waals surface area contributed by atoms with Crippen LogP contribution in [0.4, 0.5) is 0 Å². The molecular formula is C21H27NO7. The Balaban J connectivity index is 2.05. The predicted octanol–water partition coefficient (Wildman–Crippen LogP) is 3.00. The van der Waals surface area contributed by atoms with Crippen LogP contribution < -0.4 is 10.1 Å². The number of carbonyl (C=O) groups excluding carboxylic acids is 3. The van der Waals surface area contributed by atoms with Crippen molar-refractivity contribution in [2.45, 2.75) is 40.2 Å². The molecule has 0 fully saturated rings. The lowest BCUT2D eigenvalue weighted by atomic mass is 9.99. The molecule has 2 aromatic rings. The van der Waals surface area contributed by atoms with Crippen LogP contribution in [-0.4, -0.2) is 44.2 Å². The zero-order valence-electron chi connectivity index (χ0n) is 17.4. The van der Waals surface area contributed by atoms with Crippen molar-refractivity contribution >= 4 is 28.8 Å². The van der Waals surface area contributed by atoms with Crippen molar-refractivity contribution in [2.24, 2.45) is 5.92 Å². The van der Waals surface area contributed by atoms with Gasteiger partial charge in [0, 0.05) is 10.9 Å². The fourth-order valence-corrected chi connectivity index (χ4v) is 2.86. The molecule has 1 aromatic heterocycles. The number of benzene rings is 1. The summed E-state index contributed by atoms with van der Waals surface area (Å²) < 4.78 is 20.8. The van der Waals surface area contributed by atoms with E-state index in [9.17, 15) is 14.4 Å². The molecule has 1 aromatic carbocycles. The SMILES string of the molecule is CCOc1ccc2oc(C(=O)OCC(=O)N[C@@H](C(=O)OC)[C@@H](C)CC)c(C)c2c1. The van der Waals surface area contributed by atoms with E-state index in [4.69, 9.17) is 18.6 Å². The topological polar surface area (TPSA) is 104 Å². The molecule has 0 aliphatic carbocycles. The van der Waals surface area contributed by atoms with E-state index in [0.29, 0.717) is 29.9 Å². The highest BCUT2D eigenvalue weighted by Gasteiger charge is 2.27. The van der Waals surface area contributed by atoms with Gasteiger partial charge in [0.2, 0.25) is 5.76 Å². The van der Waals surface area contributed by atoms with Gasteiger partial charge in [-0.15, -0.1) is 0 Å². The summed E-state index contributed by atoms with van der Waals surface area (Å²) in [4.78, 5) is 36.4. The summed E-state index contributed by atoms with van der Waals surface area (Å²) in [6, 6.07) is 4.44. The molecule has 0 aliphatic heterocycles. The largest absolute Gasteiger partial charge is 0.494 e. The molecule has 8 nitrogen and oxygen atoms in total. The van der Waals surface area contributed by atoms with Crippen LogP contribution >= 0.6 is 0 Å². The lowest BCUT2D eigenvalue weighted by molar-refractivity contribution is -0.147. The first-order valence-corrected chi connectivity index (χ1v) is 9.52. The number of carbonyl (C=O) groups is 3. The van der Waals surface area contributed by atoms with Gasteiger partial charge in [-0.25, -0.2) is 9.59 Å². The van der Waals surface area contributed by atoms with E-state index in [1.807, 2.05) is 20.8 Å². The van der Waals surface area contributed by atoms with E-state index < -0.39 is 30.5 Å². The molecule has 29 heavy (non-hydrogen) atoms. The maximum atomic E-state index is 12.4. The van der Waals surface area contributed by atoms with Gasteiger partial charge in [-0.2, -0.15) is 0 Å². The summed E-state index contributed by atoms with van der Waals surface area (Å²) in [6.07, 6.45) is 0.668. The standard InChI is InChI=1S/C21H27NO7/c1-6-12(3)18(20(24)26-5)22-17(23)11-28-21(25)19-13(4)15-10-14(27-7-2)8-9-16(15)29-19/h8-10,12,18H,6-7,11H2,1-5H3,(H,22,23)/t12-,18+/m0/s1. The summed E-state index contributed by atoms with van der Waals surface area (Å²) >= 11 is 0. The van der Waals surface area contributed by atoms with Crippen LogP contribution in [0.3, 0.4) is 0 Å². The zero-order valence-corrected chi connectivity index (χ0v) is 17.4. The molecule has 0 unspecified atom stereocenters. The smallest absolute Gasteiger partial charge is 0.375 e. The fraction of sp³-hybridized carbons (Fsp3) is 0.476. The van der Waals surface area contributed by atoms with Gasteiger partial charge in [0.15, 0.2) is 6.61 Å². The monoisotopic (exact) mass is 405 g/mol. The van der Waals surface area contributed by atoms with Crippen LogP contribution in [0.5, 0.6) is 5.75 Å². The van der Waals surface area contributed by atoms with Gasteiger partial charge in [-0.3, -0.25) is 4.79 Å². The van der Waals surface area contributed by atoms with Gasteiger partial charge in [0.05, 0.1) is 13.7 Å².